The van der Waals surface area contributed by atoms with Gasteiger partial charge in [0.05, 0.1) is 47.9 Å². The number of nitrogens with zero attached hydrogens (tertiary/aromatic N) is 5. The van der Waals surface area contributed by atoms with Crippen molar-refractivity contribution >= 4 is 30.0 Å². The van der Waals surface area contributed by atoms with Crippen LogP contribution in [0.3, 0.4) is 0 Å². The molecule has 1 N–H and O–H groups in total. The molecule has 3 heterocycles. The quantitative estimate of drug-likeness (QED) is 0.195. The molecule has 4 rings (SSSR count). The first-order valence-corrected chi connectivity index (χ1v) is 12.7. The van der Waals surface area contributed by atoms with Gasteiger partial charge in [0.25, 0.3) is 5.69 Å². The van der Waals surface area contributed by atoms with E-state index in [0.29, 0.717) is 42.9 Å². The van der Waals surface area contributed by atoms with Crippen LogP contribution in [0.2, 0.25) is 0 Å². The van der Waals surface area contributed by atoms with Crippen LogP contribution in [0.25, 0.3) is 0 Å². The molecular formula is C27H31ClN6O6. The lowest BCUT2D eigenvalue weighted by Gasteiger charge is -2.33. The monoisotopic (exact) mass is 570 g/mol. The molecule has 0 aliphatic carbocycles. The van der Waals surface area contributed by atoms with Crippen molar-refractivity contribution in [2.45, 2.75) is 45.7 Å². The lowest BCUT2D eigenvalue weighted by atomic mass is 9.79. The number of non-ortho nitro benzene ring substituents is 1. The largest absolute Gasteiger partial charge is 0.463 e. The highest BCUT2D eigenvalue weighted by Gasteiger charge is 2.40. The van der Waals surface area contributed by atoms with Crippen molar-refractivity contribution in [3.8, 4) is 0 Å². The standard InChI is InChI=1S/C27H30N6O6.ClH/c1-3-38-26(34)24-21(8-12-31-14-10-28-17-31)30-22(9-13-32-15-11-29-18-32)25(27(35)39-4-2)23(24)19-6-5-7-20(16-19)33(36)37;/h5-7,10-11,14-18,23,30H,3-4,8-9,12-13H2,1-2H3;1H. The first-order chi connectivity index (χ1) is 18.9. The topological polar surface area (TPSA) is 143 Å². The number of rotatable bonds is 12. The number of nitrogens with one attached hydrogen (secondary N) is 1. The Morgan fingerprint density at radius 2 is 1.48 bits per heavy atom. The molecule has 0 unspecified atom stereocenters. The average Bonchev–Trinajstić information content (AvgIpc) is 3.65. The van der Waals surface area contributed by atoms with Crippen LogP contribution in [0.4, 0.5) is 5.69 Å². The van der Waals surface area contributed by atoms with Crippen LogP contribution in [0, 0.1) is 10.1 Å². The van der Waals surface area contributed by atoms with E-state index >= 15 is 0 Å². The highest BCUT2D eigenvalue weighted by atomic mass is 35.5. The number of hydrogen-bond acceptors (Lipinski definition) is 9. The number of hydrogen-bond donors (Lipinski definition) is 1. The highest BCUT2D eigenvalue weighted by Crippen LogP contribution is 2.42. The fourth-order valence-corrected chi connectivity index (χ4v) is 4.57. The minimum atomic E-state index is -0.945. The van der Waals surface area contributed by atoms with Gasteiger partial charge in [-0.3, -0.25) is 10.1 Å². The van der Waals surface area contributed by atoms with Gasteiger partial charge in [-0.2, -0.15) is 0 Å². The number of carbonyl (C=O) groups excluding carboxylic acids is 2. The summed E-state index contributed by atoms with van der Waals surface area (Å²) in [4.78, 5) is 46.3. The van der Waals surface area contributed by atoms with Crippen LogP contribution >= 0.6 is 12.4 Å². The molecule has 0 amide bonds. The van der Waals surface area contributed by atoms with Gasteiger partial charge in [-0.05, 0) is 19.4 Å². The molecule has 0 bridgehead atoms. The number of ether oxygens (including phenoxy) is 2. The number of nitro benzene ring substituents is 1. The average molecular weight is 571 g/mol. The number of dihydropyridines is 1. The number of allylic oxidation sites excluding steroid dienone is 2. The van der Waals surface area contributed by atoms with Crippen LogP contribution in [0.5, 0.6) is 0 Å². The fraction of sp³-hybridized carbons (Fsp3) is 0.333. The number of esters is 2. The van der Waals surface area contributed by atoms with Gasteiger partial charge in [0.1, 0.15) is 0 Å². The molecule has 0 spiro atoms. The van der Waals surface area contributed by atoms with E-state index in [9.17, 15) is 19.7 Å². The number of carbonyl (C=O) groups is 2. The van der Waals surface area contributed by atoms with E-state index in [2.05, 4.69) is 15.3 Å². The Labute approximate surface area is 237 Å². The molecule has 3 aromatic rings. The van der Waals surface area contributed by atoms with E-state index in [1.165, 1.54) is 18.2 Å². The van der Waals surface area contributed by atoms with Crippen molar-refractivity contribution in [2.24, 2.45) is 0 Å². The maximum Gasteiger partial charge on any atom is 0.336 e. The van der Waals surface area contributed by atoms with Crippen LogP contribution in [-0.4, -0.2) is 49.2 Å². The van der Waals surface area contributed by atoms with Gasteiger partial charge >= 0.3 is 11.9 Å². The van der Waals surface area contributed by atoms with E-state index in [4.69, 9.17) is 9.47 Å². The Balaban J connectivity index is 0.00000441. The minimum absolute atomic E-state index is 0. The third-order valence-corrected chi connectivity index (χ3v) is 6.29. The Bertz CT molecular complexity index is 1310. The molecule has 13 heteroatoms. The predicted octanol–water partition coefficient (Wildman–Crippen LogP) is 3.91. The molecule has 212 valence electrons. The SMILES string of the molecule is CCOC(=O)C1=C(CCn2ccnc2)NC(CCn2ccnc2)=C(C(=O)OCC)C1c1cccc([N+](=O)[O-])c1.Cl. The van der Waals surface area contributed by atoms with E-state index in [1.54, 1.807) is 45.0 Å². The Morgan fingerprint density at radius 1 is 0.950 bits per heavy atom. The second-order valence-electron chi connectivity index (χ2n) is 8.74. The third kappa shape index (κ3) is 6.94. The molecular weight excluding hydrogens is 540 g/mol. The van der Waals surface area contributed by atoms with Crippen LogP contribution in [0.1, 0.15) is 38.2 Å². The van der Waals surface area contributed by atoms with Gasteiger partial charge in [0.15, 0.2) is 0 Å². The molecule has 0 saturated carbocycles. The van der Waals surface area contributed by atoms with Crippen molar-refractivity contribution in [3.63, 3.8) is 0 Å². The first kappa shape index (κ1) is 30.1. The molecule has 40 heavy (non-hydrogen) atoms. The maximum atomic E-state index is 13.5. The summed E-state index contributed by atoms with van der Waals surface area (Å²) >= 11 is 0. The van der Waals surface area contributed by atoms with Gasteiger partial charge in [-0.1, -0.05) is 12.1 Å². The zero-order chi connectivity index (χ0) is 27.8. The highest BCUT2D eigenvalue weighted by molar-refractivity contribution is 6.00. The van der Waals surface area contributed by atoms with Crippen molar-refractivity contribution in [3.05, 3.63) is 99.9 Å². The van der Waals surface area contributed by atoms with Crippen LogP contribution in [-0.2, 0) is 32.2 Å². The molecule has 2 aromatic heterocycles. The molecule has 0 atom stereocenters. The number of benzene rings is 1. The Hall–Kier alpha value is -4.45. The Morgan fingerprint density at radius 3 is 1.90 bits per heavy atom. The summed E-state index contributed by atoms with van der Waals surface area (Å²) in [6, 6.07) is 5.96. The minimum Gasteiger partial charge on any atom is -0.463 e. The summed E-state index contributed by atoms with van der Waals surface area (Å²) in [7, 11) is 0. The van der Waals surface area contributed by atoms with Gasteiger partial charge in [-0.15, -0.1) is 12.4 Å². The van der Waals surface area contributed by atoms with Crippen molar-refractivity contribution in [2.75, 3.05) is 13.2 Å². The third-order valence-electron chi connectivity index (χ3n) is 6.29. The molecule has 0 fully saturated rings. The number of imidazole rings is 2. The Kier molecular flexibility index (Phi) is 10.6. The zero-order valence-corrected chi connectivity index (χ0v) is 23.0. The maximum absolute atomic E-state index is 13.5. The number of aromatic nitrogens is 4. The molecule has 1 aromatic carbocycles. The van der Waals surface area contributed by atoms with Gasteiger partial charge < -0.3 is 23.9 Å². The van der Waals surface area contributed by atoms with Crippen molar-refractivity contribution in [1.82, 2.24) is 24.4 Å². The number of aryl methyl sites for hydroxylation is 2. The summed E-state index contributed by atoms with van der Waals surface area (Å²) in [5, 5.41) is 15.0. The molecule has 1 aliphatic heterocycles. The van der Waals surface area contributed by atoms with E-state index in [1.807, 2.05) is 21.5 Å². The predicted molar refractivity (Wildman–Crippen MR) is 147 cm³/mol. The van der Waals surface area contributed by atoms with E-state index in [0.717, 1.165) is 0 Å². The fourth-order valence-electron chi connectivity index (χ4n) is 4.57. The normalized spacial score (nSPS) is 13.4. The van der Waals surface area contributed by atoms with Gasteiger partial charge in [0, 0.05) is 74.2 Å². The molecule has 1 aliphatic rings. The van der Waals surface area contributed by atoms with Crippen molar-refractivity contribution in [1.29, 1.82) is 0 Å². The zero-order valence-electron chi connectivity index (χ0n) is 22.2. The lowest BCUT2D eigenvalue weighted by Crippen LogP contribution is -2.35. The summed E-state index contributed by atoms with van der Waals surface area (Å²) in [5.74, 6) is -2.17. The summed E-state index contributed by atoms with van der Waals surface area (Å²) < 4.78 is 14.6. The van der Waals surface area contributed by atoms with Crippen molar-refractivity contribution < 1.29 is 24.0 Å². The lowest BCUT2D eigenvalue weighted by molar-refractivity contribution is -0.384. The summed E-state index contributed by atoms with van der Waals surface area (Å²) in [6.45, 7) is 4.62. The van der Waals surface area contributed by atoms with E-state index in [-0.39, 0.29) is 42.5 Å². The number of nitro groups is 1. The summed E-state index contributed by atoms with van der Waals surface area (Å²) in [6.07, 6.45) is 11.1. The second-order valence-corrected chi connectivity index (χ2v) is 8.74. The first-order valence-electron chi connectivity index (χ1n) is 12.7. The summed E-state index contributed by atoms with van der Waals surface area (Å²) in [5.41, 5.74) is 1.81. The van der Waals surface area contributed by atoms with Crippen LogP contribution in [0.15, 0.2) is 84.2 Å². The molecule has 0 saturated heterocycles. The van der Waals surface area contributed by atoms with Gasteiger partial charge in [0.2, 0.25) is 0 Å². The molecule has 0 radical (unpaired) electrons. The van der Waals surface area contributed by atoms with E-state index < -0.39 is 22.8 Å². The second kappa shape index (κ2) is 14.1. The van der Waals surface area contributed by atoms with Crippen LogP contribution < -0.4 is 5.32 Å². The smallest absolute Gasteiger partial charge is 0.336 e. The van der Waals surface area contributed by atoms with Gasteiger partial charge in [-0.25, -0.2) is 19.6 Å². The number of halogens is 1. The molecule has 12 nitrogen and oxygen atoms in total.